The van der Waals surface area contributed by atoms with Gasteiger partial charge in [0.25, 0.3) is 0 Å². The number of aromatic hydroxyl groups is 2. The number of carbonyl (C=O) groups is 1. The molecule has 2 aromatic carbocycles. The number of hydrogen-bond acceptors (Lipinski definition) is 4. The number of hydrogen-bond donors (Lipinski definition) is 2. The highest BCUT2D eigenvalue weighted by atomic mass is 16.5. The molecule has 0 atom stereocenters. The summed E-state index contributed by atoms with van der Waals surface area (Å²) in [7, 11) is 0. The van der Waals surface area contributed by atoms with Crippen LogP contribution in [0, 0.1) is 6.92 Å². The standard InChI is InChI=1S/C14H12O4/c1-9-8-10(2-7-13(9)16)14(17)18-12-5-3-11(15)4-6-12/h2-8,15-16H,1H3. The van der Waals surface area contributed by atoms with Crippen molar-refractivity contribution in [1.82, 2.24) is 0 Å². The molecule has 0 aliphatic carbocycles. The molecule has 2 rings (SSSR count). The molecule has 4 nitrogen and oxygen atoms in total. The highest BCUT2D eigenvalue weighted by molar-refractivity contribution is 5.91. The molecule has 0 saturated carbocycles. The van der Waals surface area contributed by atoms with E-state index < -0.39 is 5.97 Å². The monoisotopic (exact) mass is 244 g/mol. The molecule has 0 heterocycles. The third-order valence-electron chi connectivity index (χ3n) is 2.48. The van der Waals surface area contributed by atoms with Gasteiger partial charge in [-0.1, -0.05) is 0 Å². The fraction of sp³-hybridized carbons (Fsp3) is 0.0714. The second kappa shape index (κ2) is 4.79. The van der Waals surface area contributed by atoms with E-state index in [0.717, 1.165) is 0 Å². The van der Waals surface area contributed by atoms with Gasteiger partial charge in [0, 0.05) is 0 Å². The van der Waals surface area contributed by atoms with E-state index >= 15 is 0 Å². The summed E-state index contributed by atoms with van der Waals surface area (Å²) < 4.78 is 5.12. The van der Waals surface area contributed by atoms with E-state index in [1.807, 2.05) is 0 Å². The topological polar surface area (TPSA) is 66.8 Å². The molecule has 4 heteroatoms. The first kappa shape index (κ1) is 12.0. The minimum absolute atomic E-state index is 0.107. The summed E-state index contributed by atoms with van der Waals surface area (Å²) in [5.74, 6) is 0.0822. The minimum Gasteiger partial charge on any atom is -0.508 e. The van der Waals surface area contributed by atoms with Crippen LogP contribution >= 0.6 is 0 Å². The van der Waals surface area contributed by atoms with Crippen LogP contribution in [-0.4, -0.2) is 16.2 Å². The third-order valence-corrected chi connectivity index (χ3v) is 2.48. The average Bonchev–Trinajstić information content (AvgIpc) is 2.35. The molecule has 0 amide bonds. The molecule has 18 heavy (non-hydrogen) atoms. The lowest BCUT2D eigenvalue weighted by molar-refractivity contribution is 0.0734. The van der Waals surface area contributed by atoms with Crippen LogP contribution < -0.4 is 4.74 Å². The number of rotatable bonds is 2. The molecular weight excluding hydrogens is 232 g/mol. The number of esters is 1. The zero-order chi connectivity index (χ0) is 13.1. The van der Waals surface area contributed by atoms with Crippen LogP contribution in [0.5, 0.6) is 17.2 Å². The van der Waals surface area contributed by atoms with Crippen molar-refractivity contribution in [2.45, 2.75) is 6.92 Å². The van der Waals surface area contributed by atoms with Crippen LogP contribution in [-0.2, 0) is 0 Å². The van der Waals surface area contributed by atoms with Crippen molar-refractivity contribution >= 4 is 5.97 Å². The molecule has 0 bridgehead atoms. The Morgan fingerprint density at radius 1 is 1.06 bits per heavy atom. The molecule has 2 N–H and O–H groups in total. The second-order valence-corrected chi connectivity index (χ2v) is 3.88. The van der Waals surface area contributed by atoms with Gasteiger partial charge in [0.15, 0.2) is 0 Å². The van der Waals surface area contributed by atoms with E-state index in [2.05, 4.69) is 0 Å². The lowest BCUT2D eigenvalue weighted by Crippen LogP contribution is -2.08. The average molecular weight is 244 g/mol. The van der Waals surface area contributed by atoms with Gasteiger partial charge in [-0.2, -0.15) is 0 Å². The van der Waals surface area contributed by atoms with Gasteiger partial charge in [-0.15, -0.1) is 0 Å². The van der Waals surface area contributed by atoms with E-state index in [9.17, 15) is 9.90 Å². The lowest BCUT2D eigenvalue weighted by Gasteiger charge is -2.05. The van der Waals surface area contributed by atoms with E-state index in [1.165, 1.54) is 36.4 Å². The number of benzene rings is 2. The molecule has 0 fully saturated rings. The zero-order valence-electron chi connectivity index (χ0n) is 9.75. The van der Waals surface area contributed by atoms with Crippen LogP contribution in [0.25, 0.3) is 0 Å². The maximum absolute atomic E-state index is 11.8. The summed E-state index contributed by atoms with van der Waals surface area (Å²) in [5.41, 5.74) is 0.966. The van der Waals surface area contributed by atoms with Crippen LogP contribution in [0.2, 0.25) is 0 Å². The van der Waals surface area contributed by atoms with Crippen molar-refractivity contribution in [2.75, 3.05) is 0 Å². The summed E-state index contributed by atoms with van der Waals surface area (Å²) in [6.07, 6.45) is 0. The highest BCUT2D eigenvalue weighted by Gasteiger charge is 2.10. The van der Waals surface area contributed by atoms with Crippen molar-refractivity contribution in [3.8, 4) is 17.2 Å². The van der Waals surface area contributed by atoms with E-state index in [0.29, 0.717) is 16.9 Å². The normalized spacial score (nSPS) is 10.1. The van der Waals surface area contributed by atoms with E-state index in [-0.39, 0.29) is 11.5 Å². The highest BCUT2D eigenvalue weighted by Crippen LogP contribution is 2.20. The van der Waals surface area contributed by atoms with Gasteiger partial charge in [0.1, 0.15) is 17.2 Å². The summed E-state index contributed by atoms with van der Waals surface area (Å²) >= 11 is 0. The van der Waals surface area contributed by atoms with E-state index in [1.54, 1.807) is 13.0 Å². The van der Waals surface area contributed by atoms with Gasteiger partial charge < -0.3 is 14.9 Å². The van der Waals surface area contributed by atoms with Crippen molar-refractivity contribution in [3.05, 3.63) is 53.6 Å². The van der Waals surface area contributed by atoms with Gasteiger partial charge in [0.2, 0.25) is 0 Å². The van der Waals surface area contributed by atoms with Crippen LogP contribution in [0.15, 0.2) is 42.5 Å². The molecular formula is C14H12O4. The molecule has 2 aromatic rings. The summed E-state index contributed by atoms with van der Waals surface area (Å²) in [5, 5.41) is 18.5. The Morgan fingerprint density at radius 3 is 2.33 bits per heavy atom. The lowest BCUT2D eigenvalue weighted by atomic mass is 10.1. The predicted molar refractivity (Wildman–Crippen MR) is 65.9 cm³/mol. The Bertz CT molecular complexity index is 573. The first-order chi connectivity index (χ1) is 8.56. The van der Waals surface area contributed by atoms with Gasteiger partial charge in [-0.05, 0) is 55.0 Å². The second-order valence-electron chi connectivity index (χ2n) is 3.88. The fourth-order valence-electron chi connectivity index (χ4n) is 1.46. The van der Waals surface area contributed by atoms with Crippen LogP contribution in [0.1, 0.15) is 15.9 Å². The van der Waals surface area contributed by atoms with Gasteiger partial charge in [-0.3, -0.25) is 0 Å². The molecule has 0 radical (unpaired) electrons. The molecule has 0 aliphatic heterocycles. The first-order valence-electron chi connectivity index (χ1n) is 5.37. The minimum atomic E-state index is -0.510. The third kappa shape index (κ3) is 2.60. The van der Waals surface area contributed by atoms with Gasteiger partial charge in [-0.25, -0.2) is 4.79 Å². The molecule has 0 saturated heterocycles. The number of phenols is 2. The summed E-state index contributed by atoms with van der Waals surface area (Å²) in [6, 6.07) is 10.4. The fourth-order valence-corrected chi connectivity index (χ4v) is 1.46. The van der Waals surface area contributed by atoms with Crippen molar-refractivity contribution in [2.24, 2.45) is 0 Å². The quantitative estimate of drug-likeness (QED) is 0.629. The van der Waals surface area contributed by atoms with Gasteiger partial charge in [0.05, 0.1) is 5.56 Å². The molecule has 0 spiro atoms. The van der Waals surface area contributed by atoms with Gasteiger partial charge >= 0.3 is 5.97 Å². The Kier molecular flexibility index (Phi) is 3.19. The van der Waals surface area contributed by atoms with Crippen LogP contribution in [0.3, 0.4) is 0 Å². The van der Waals surface area contributed by atoms with Crippen LogP contribution in [0.4, 0.5) is 0 Å². The molecule has 0 aromatic heterocycles. The Morgan fingerprint density at radius 2 is 1.72 bits per heavy atom. The Balaban J connectivity index is 2.16. The number of carbonyl (C=O) groups excluding carboxylic acids is 1. The van der Waals surface area contributed by atoms with E-state index in [4.69, 9.17) is 9.84 Å². The maximum atomic E-state index is 11.8. The number of phenolic OH excluding ortho intramolecular Hbond substituents is 2. The van der Waals surface area contributed by atoms with Crippen molar-refractivity contribution in [1.29, 1.82) is 0 Å². The SMILES string of the molecule is Cc1cc(C(=O)Oc2ccc(O)cc2)ccc1O. The first-order valence-corrected chi connectivity index (χ1v) is 5.37. The van der Waals surface area contributed by atoms with Crippen molar-refractivity contribution < 1.29 is 19.7 Å². The number of aryl methyl sites for hydroxylation is 1. The summed E-state index contributed by atoms with van der Waals surface area (Å²) in [6.45, 7) is 1.70. The molecule has 0 unspecified atom stereocenters. The summed E-state index contributed by atoms with van der Waals surface area (Å²) in [4.78, 5) is 11.8. The Hall–Kier alpha value is -2.49. The molecule has 0 aliphatic rings. The maximum Gasteiger partial charge on any atom is 0.343 e. The predicted octanol–water partition coefficient (Wildman–Crippen LogP) is 2.63. The Labute approximate surface area is 104 Å². The number of ether oxygens (including phenoxy) is 1. The molecule has 92 valence electrons. The van der Waals surface area contributed by atoms with Crippen molar-refractivity contribution in [3.63, 3.8) is 0 Å². The largest absolute Gasteiger partial charge is 0.508 e. The smallest absolute Gasteiger partial charge is 0.343 e. The zero-order valence-corrected chi connectivity index (χ0v) is 9.75.